The Bertz CT molecular complexity index is 1630. The Kier molecular flexibility index (Phi) is 7.07. The van der Waals surface area contributed by atoms with Gasteiger partial charge >= 0.3 is 0 Å². The molecule has 204 valence electrons. The van der Waals surface area contributed by atoms with E-state index in [2.05, 4.69) is 164 Å². The first-order chi connectivity index (χ1) is 19.1. The number of hydrogen-bond acceptors (Lipinski definition) is 2. The zero-order chi connectivity index (χ0) is 28.2. The molecule has 0 bridgehead atoms. The summed E-state index contributed by atoms with van der Waals surface area (Å²) < 4.78 is 3.76. The van der Waals surface area contributed by atoms with Crippen molar-refractivity contribution in [2.24, 2.45) is 0 Å². The van der Waals surface area contributed by atoms with Crippen molar-refractivity contribution < 1.29 is 4.58 Å². The lowest BCUT2D eigenvalue weighted by molar-refractivity contribution is -0.401. The van der Waals surface area contributed by atoms with E-state index in [1.165, 1.54) is 53.5 Å². The van der Waals surface area contributed by atoms with Crippen molar-refractivity contribution in [1.82, 2.24) is 0 Å². The summed E-state index contributed by atoms with van der Waals surface area (Å²) in [5, 5.41) is 2.22. The first-order valence-electron chi connectivity index (χ1n) is 14.2. The number of likely N-dealkylation sites (N-methyl/N-ethyl adjacent to an activating group) is 1. The van der Waals surface area contributed by atoms with Gasteiger partial charge in [-0.15, -0.1) is 11.3 Å². The molecule has 2 nitrogen and oxygen atoms in total. The third kappa shape index (κ3) is 4.39. The van der Waals surface area contributed by atoms with Crippen molar-refractivity contribution >= 4 is 51.0 Å². The first-order valence-corrected chi connectivity index (χ1v) is 16.1. The number of allylic oxidation sites excluding steroid dienone is 8. The number of para-hydroxylation sites is 2. The van der Waals surface area contributed by atoms with E-state index in [1.807, 2.05) is 11.3 Å². The van der Waals surface area contributed by atoms with Crippen LogP contribution in [0.5, 0.6) is 0 Å². The van der Waals surface area contributed by atoms with Crippen LogP contribution in [0.1, 0.15) is 62.5 Å². The molecule has 40 heavy (non-hydrogen) atoms. The maximum Gasteiger partial charge on any atom is 0.209 e. The molecule has 0 radical (unpaired) electrons. The average Bonchev–Trinajstić information content (AvgIpc) is 3.59. The standard InChI is InChI=1S/C36H38IN2S/c1-35(2)27-12-7-9-14-29(27)38(5)32(35)21-18-24-17-19-25(31-16-11-23-40-31)26(34(24)37)20-22-33-36(3,4)28-13-8-10-15-30(28)39(33)6/h7-16,18,20-23,25H,17,19H2,1-6H3/q+1. The Morgan fingerprint density at radius 3 is 2.33 bits per heavy atom. The number of halogens is 1. The molecular weight excluding hydrogens is 619 g/mol. The molecule has 0 fully saturated rings. The van der Waals surface area contributed by atoms with Gasteiger partial charge in [-0.05, 0) is 89.6 Å². The second kappa shape index (κ2) is 10.3. The predicted molar refractivity (Wildman–Crippen MR) is 181 cm³/mol. The van der Waals surface area contributed by atoms with Gasteiger partial charge in [0, 0.05) is 55.9 Å². The van der Waals surface area contributed by atoms with Crippen LogP contribution in [0.3, 0.4) is 0 Å². The van der Waals surface area contributed by atoms with Crippen LogP contribution in [0.2, 0.25) is 0 Å². The van der Waals surface area contributed by atoms with Crippen LogP contribution < -0.4 is 4.90 Å². The lowest BCUT2D eigenvalue weighted by atomic mass is 9.80. The maximum atomic E-state index is 2.62. The van der Waals surface area contributed by atoms with Crippen molar-refractivity contribution in [1.29, 1.82) is 0 Å². The second-order valence-corrected chi connectivity index (χ2v) is 14.3. The summed E-state index contributed by atoms with van der Waals surface area (Å²) in [5.41, 5.74) is 11.0. The van der Waals surface area contributed by atoms with Crippen molar-refractivity contribution in [3.63, 3.8) is 0 Å². The Balaban J connectivity index is 1.40. The number of nitrogens with zero attached hydrogens (tertiary/aromatic N) is 2. The van der Waals surface area contributed by atoms with E-state index in [0.717, 1.165) is 12.8 Å². The zero-order valence-electron chi connectivity index (χ0n) is 24.3. The number of anilines is 1. The summed E-state index contributed by atoms with van der Waals surface area (Å²) in [7, 11) is 4.41. The quantitative estimate of drug-likeness (QED) is 0.200. The summed E-state index contributed by atoms with van der Waals surface area (Å²) in [6.45, 7) is 9.39. The van der Waals surface area contributed by atoms with Gasteiger partial charge in [-0.2, -0.15) is 4.58 Å². The molecule has 0 saturated carbocycles. The highest BCUT2D eigenvalue weighted by Crippen LogP contribution is 2.49. The molecule has 4 heteroatoms. The fourth-order valence-corrected chi connectivity index (χ4v) is 8.87. The van der Waals surface area contributed by atoms with Crippen LogP contribution >= 0.6 is 33.9 Å². The van der Waals surface area contributed by atoms with E-state index < -0.39 is 0 Å². The van der Waals surface area contributed by atoms with Gasteiger partial charge in [0.1, 0.15) is 7.05 Å². The molecular formula is C36H38IN2S+. The SMILES string of the molecule is CN1C(=CC=C2C(I)=C(C=CC3=[N+](C)c4ccccc4C3(C)C)CCC2c2cccs2)C(C)(C)c2ccccc21. The summed E-state index contributed by atoms with van der Waals surface area (Å²) in [6.07, 6.45) is 11.8. The van der Waals surface area contributed by atoms with Gasteiger partial charge in [0.15, 0.2) is 5.71 Å². The zero-order valence-corrected chi connectivity index (χ0v) is 27.3. The van der Waals surface area contributed by atoms with Gasteiger partial charge in [-0.3, -0.25) is 0 Å². The molecule has 1 atom stereocenters. The fourth-order valence-electron chi connectivity index (χ4n) is 6.99. The van der Waals surface area contributed by atoms with Crippen molar-refractivity contribution in [2.75, 3.05) is 19.0 Å². The topological polar surface area (TPSA) is 6.25 Å². The highest BCUT2D eigenvalue weighted by molar-refractivity contribution is 14.1. The lowest BCUT2D eigenvalue weighted by Crippen LogP contribution is -2.26. The van der Waals surface area contributed by atoms with E-state index >= 15 is 0 Å². The highest BCUT2D eigenvalue weighted by Gasteiger charge is 2.43. The van der Waals surface area contributed by atoms with E-state index in [0.29, 0.717) is 5.92 Å². The van der Waals surface area contributed by atoms with Gasteiger partial charge in [0.05, 0.1) is 5.41 Å². The molecule has 1 aliphatic carbocycles. The molecule has 2 aliphatic heterocycles. The molecule has 2 aromatic carbocycles. The van der Waals surface area contributed by atoms with Gasteiger partial charge in [-0.1, -0.05) is 68.5 Å². The van der Waals surface area contributed by atoms with Gasteiger partial charge in [0.2, 0.25) is 5.69 Å². The summed E-state index contributed by atoms with van der Waals surface area (Å²) in [4.78, 5) is 3.84. The van der Waals surface area contributed by atoms with E-state index in [4.69, 9.17) is 0 Å². The molecule has 0 saturated heterocycles. The highest BCUT2D eigenvalue weighted by atomic mass is 127. The predicted octanol–water partition coefficient (Wildman–Crippen LogP) is 9.81. The van der Waals surface area contributed by atoms with E-state index in [9.17, 15) is 0 Å². The molecule has 3 aromatic rings. The van der Waals surface area contributed by atoms with Gasteiger partial charge in [0.25, 0.3) is 0 Å². The average molecular weight is 658 g/mol. The molecule has 3 heterocycles. The summed E-state index contributed by atoms with van der Waals surface area (Å²) in [6, 6.07) is 22.1. The first kappa shape index (κ1) is 27.5. The van der Waals surface area contributed by atoms with Crippen LogP contribution in [0.15, 0.2) is 111 Å². The Morgan fingerprint density at radius 2 is 1.62 bits per heavy atom. The van der Waals surface area contributed by atoms with Crippen molar-refractivity contribution in [3.05, 3.63) is 127 Å². The molecule has 3 aliphatic rings. The number of fused-ring (bicyclic) bond motifs is 2. The Morgan fingerprint density at radius 1 is 0.900 bits per heavy atom. The van der Waals surface area contributed by atoms with Gasteiger partial charge in [-0.25, -0.2) is 0 Å². The molecule has 1 unspecified atom stereocenters. The largest absolute Gasteiger partial charge is 0.347 e. The van der Waals surface area contributed by atoms with Crippen LogP contribution in [0.25, 0.3) is 0 Å². The van der Waals surface area contributed by atoms with Gasteiger partial charge < -0.3 is 4.90 Å². The van der Waals surface area contributed by atoms with Crippen molar-refractivity contribution in [3.8, 4) is 0 Å². The number of thiophene rings is 1. The maximum absolute atomic E-state index is 2.62. The minimum Gasteiger partial charge on any atom is -0.347 e. The fraction of sp³-hybridized carbons (Fsp3) is 0.306. The number of hydrogen-bond donors (Lipinski definition) is 0. The Hall–Kier alpha value is -2.70. The van der Waals surface area contributed by atoms with Crippen LogP contribution in [-0.2, 0) is 10.8 Å². The van der Waals surface area contributed by atoms with E-state index in [1.54, 1.807) is 0 Å². The second-order valence-electron chi connectivity index (χ2n) is 12.2. The third-order valence-corrected chi connectivity index (χ3v) is 11.5. The molecule has 0 N–H and O–H groups in total. The molecule has 6 rings (SSSR count). The van der Waals surface area contributed by atoms with Crippen LogP contribution in [-0.4, -0.2) is 24.4 Å². The number of rotatable bonds is 4. The van der Waals surface area contributed by atoms with Crippen molar-refractivity contribution in [2.45, 2.75) is 57.3 Å². The molecule has 0 spiro atoms. The van der Waals surface area contributed by atoms with E-state index in [-0.39, 0.29) is 10.8 Å². The summed E-state index contributed by atoms with van der Waals surface area (Å²) >= 11 is 4.51. The molecule has 1 aromatic heterocycles. The molecule has 0 amide bonds. The lowest BCUT2D eigenvalue weighted by Gasteiger charge is -2.27. The minimum absolute atomic E-state index is 0.0151. The monoisotopic (exact) mass is 657 g/mol. The minimum atomic E-state index is -0.0301. The third-order valence-electron chi connectivity index (χ3n) is 9.24. The Labute approximate surface area is 257 Å². The van der Waals surface area contributed by atoms with Crippen LogP contribution in [0, 0.1) is 0 Å². The smallest absolute Gasteiger partial charge is 0.209 e. The number of benzene rings is 2. The van der Waals surface area contributed by atoms with Crippen LogP contribution in [0.4, 0.5) is 11.4 Å². The summed E-state index contributed by atoms with van der Waals surface area (Å²) in [5.74, 6) is 0.431. The normalized spacial score (nSPS) is 23.6.